The molecular formula is C37H68O8. The van der Waals surface area contributed by atoms with Crippen LogP contribution < -0.4 is 0 Å². The molecule has 1 aromatic carbocycles. The van der Waals surface area contributed by atoms with Crippen LogP contribution in [0.5, 0.6) is 0 Å². The minimum atomic E-state index is -0.846. The van der Waals surface area contributed by atoms with Gasteiger partial charge in [-0.05, 0) is 146 Å². The maximum Gasteiger partial charge on any atom is 0.234 e. The van der Waals surface area contributed by atoms with E-state index < -0.39 is 17.0 Å². The zero-order chi connectivity index (χ0) is 35.3. The first kappa shape index (κ1) is 41.9. The summed E-state index contributed by atoms with van der Waals surface area (Å²) in [5, 5.41) is 0. The van der Waals surface area contributed by atoms with Crippen molar-refractivity contribution in [3.8, 4) is 0 Å². The smallest absolute Gasteiger partial charge is 0.230 e. The molecule has 1 saturated carbocycles. The van der Waals surface area contributed by atoms with Gasteiger partial charge in [-0.25, -0.2) is 29.3 Å². The van der Waals surface area contributed by atoms with Crippen LogP contribution in [0.4, 0.5) is 0 Å². The lowest BCUT2D eigenvalue weighted by atomic mass is 9.70. The Kier molecular flexibility index (Phi) is 14.0. The van der Waals surface area contributed by atoms with Crippen molar-refractivity contribution in [1.82, 2.24) is 0 Å². The van der Waals surface area contributed by atoms with Crippen molar-refractivity contribution in [3.63, 3.8) is 0 Å². The molecule has 1 fully saturated rings. The van der Waals surface area contributed by atoms with E-state index in [1.54, 1.807) is 0 Å². The van der Waals surface area contributed by atoms with Crippen LogP contribution in [0.3, 0.4) is 0 Å². The van der Waals surface area contributed by atoms with Crippen LogP contribution in [-0.2, 0) is 50.3 Å². The molecule has 0 saturated heterocycles. The van der Waals surface area contributed by atoms with Gasteiger partial charge in [0.05, 0.1) is 22.4 Å². The Labute approximate surface area is 275 Å². The molecule has 1 atom stereocenters. The number of rotatable bonds is 10. The Morgan fingerprint density at radius 3 is 1.20 bits per heavy atom. The maximum absolute atomic E-state index is 5.79. The number of hydrogen-bond acceptors (Lipinski definition) is 8. The van der Waals surface area contributed by atoms with E-state index in [9.17, 15) is 0 Å². The molecule has 1 unspecified atom stereocenters. The Bertz CT molecular complexity index is 969. The van der Waals surface area contributed by atoms with Gasteiger partial charge in [-0.2, -0.15) is 9.78 Å². The first-order valence-corrected chi connectivity index (χ1v) is 16.4. The summed E-state index contributed by atoms with van der Waals surface area (Å²) in [6.07, 6.45) is 2.66. The van der Waals surface area contributed by atoms with Crippen LogP contribution in [-0.4, -0.2) is 28.2 Å². The summed E-state index contributed by atoms with van der Waals surface area (Å²) in [4.78, 5) is 45.1. The average Bonchev–Trinajstić information content (AvgIpc) is 2.82. The van der Waals surface area contributed by atoms with E-state index >= 15 is 0 Å². The van der Waals surface area contributed by atoms with Crippen LogP contribution in [0.2, 0.25) is 0 Å². The van der Waals surface area contributed by atoms with Crippen molar-refractivity contribution >= 4 is 0 Å². The summed E-state index contributed by atoms with van der Waals surface area (Å²) < 4.78 is 0. The highest BCUT2D eigenvalue weighted by molar-refractivity contribution is 5.30. The number of benzene rings is 1. The molecule has 0 radical (unpaired) electrons. The van der Waals surface area contributed by atoms with Crippen LogP contribution in [0.1, 0.15) is 162 Å². The van der Waals surface area contributed by atoms with E-state index in [0.717, 1.165) is 30.4 Å². The van der Waals surface area contributed by atoms with Crippen molar-refractivity contribution in [2.75, 3.05) is 0 Å². The molecule has 45 heavy (non-hydrogen) atoms. The Hall–Kier alpha value is -1.10. The summed E-state index contributed by atoms with van der Waals surface area (Å²) in [5.41, 5.74) is -0.510. The van der Waals surface area contributed by atoms with E-state index in [0.29, 0.717) is 5.92 Å². The molecule has 1 aromatic rings. The Morgan fingerprint density at radius 2 is 0.889 bits per heavy atom. The lowest BCUT2D eigenvalue weighted by Crippen LogP contribution is -2.48. The highest BCUT2D eigenvalue weighted by Crippen LogP contribution is 2.47. The predicted molar refractivity (Wildman–Crippen MR) is 180 cm³/mol. The molecule has 1 aliphatic rings. The second-order valence-electron chi connectivity index (χ2n) is 18.5. The third-order valence-electron chi connectivity index (χ3n) is 6.45. The predicted octanol–water partition coefficient (Wildman–Crippen LogP) is 10.7. The van der Waals surface area contributed by atoms with E-state index in [1.807, 2.05) is 129 Å². The summed E-state index contributed by atoms with van der Waals surface area (Å²) in [7, 11) is 0. The lowest BCUT2D eigenvalue weighted by molar-refractivity contribution is -0.551. The summed E-state index contributed by atoms with van der Waals surface area (Å²) in [6.45, 7) is 38.1. The average molecular weight is 641 g/mol. The monoisotopic (exact) mass is 640 g/mol. The van der Waals surface area contributed by atoms with E-state index in [2.05, 4.69) is 26.8 Å². The van der Waals surface area contributed by atoms with Crippen LogP contribution in [0.15, 0.2) is 24.3 Å². The highest BCUT2D eigenvalue weighted by Gasteiger charge is 2.48. The highest BCUT2D eigenvalue weighted by atomic mass is 17.3. The van der Waals surface area contributed by atoms with Gasteiger partial charge in [0.25, 0.3) is 0 Å². The molecule has 0 heterocycles. The fourth-order valence-electron chi connectivity index (χ4n) is 4.79. The third-order valence-corrected chi connectivity index (χ3v) is 6.45. The van der Waals surface area contributed by atoms with Gasteiger partial charge in [0.2, 0.25) is 5.79 Å². The van der Waals surface area contributed by atoms with Gasteiger partial charge in [-0.1, -0.05) is 39.0 Å². The Balaban J connectivity index is 0.000000454. The van der Waals surface area contributed by atoms with Crippen molar-refractivity contribution in [2.24, 2.45) is 11.3 Å². The second kappa shape index (κ2) is 15.0. The summed E-state index contributed by atoms with van der Waals surface area (Å²) >= 11 is 0. The fourth-order valence-corrected chi connectivity index (χ4v) is 4.79. The van der Waals surface area contributed by atoms with Gasteiger partial charge < -0.3 is 0 Å². The Morgan fingerprint density at radius 1 is 0.533 bits per heavy atom. The van der Waals surface area contributed by atoms with Crippen molar-refractivity contribution in [2.45, 2.75) is 190 Å². The molecule has 0 aromatic heterocycles. The normalized spacial score (nSPS) is 19.6. The van der Waals surface area contributed by atoms with Crippen molar-refractivity contribution in [3.05, 3.63) is 35.4 Å². The van der Waals surface area contributed by atoms with Gasteiger partial charge in [-0.3, -0.25) is 0 Å². The standard InChI is InChI=1S/C20H34O4.C17H34O4/c1-17(2,3)21-23-19(7,8)15-12-11-13-16(14-15)20(9,10)24-22-18(4,5)6;1-13-10-16(8,9)12-17(11-13,20-18-14(2,3)4)21-19-15(5,6)7/h11-14H,1-10H3;13H,10-12H2,1-9H3. The van der Waals surface area contributed by atoms with E-state index in [4.69, 9.17) is 39.1 Å². The molecule has 0 aliphatic heterocycles. The molecule has 0 spiro atoms. The summed E-state index contributed by atoms with van der Waals surface area (Å²) in [5.74, 6) is -0.359. The number of hydrogen-bond donors (Lipinski definition) is 0. The second-order valence-corrected chi connectivity index (χ2v) is 18.5. The first-order valence-electron chi connectivity index (χ1n) is 16.4. The molecule has 8 nitrogen and oxygen atoms in total. The topological polar surface area (TPSA) is 73.8 Å². The first-order chi connectivity index (χ1) is 19.8. The molecule has 1 aliphatic carbocycles. The molecule has 0 N–H and O–H groups in total. The molecule has 2 rings (SSSR count). The van der Waals surface area contributed by atoms with Gasteiger partial charge in [0.1, 0.15) is 11.2 Å². The third kappa shape index (κ3) is 17.0. The fraction of sp³-hybridized carbons (Fsp3) is 0.838. The van der Waals surface area contributed by atoms with Crippen molar-refractivity contribution in [1.29, 1.82) is 0 Å². The van der Waals surface area contributed by atoms with Gasteiger partial charge in [0, 0.05) is 12.8 Å². The molecule has 0 bridgehead atoms. The maximum atomic E-state index is 5.79. The van der Waals surface area contributed by atoms with Gasteiger partial charge in [-0.15, -0.1) is 0 Å². The van der Waals surface area contributed by atoms with Gasteiger partial charge in [0.15, 0.2) is 0 Å². The zero-order valence-electron chi connectivity index (χ0n) is 32.3. The quantitative estimate of drug-likeness (QED) is 0.142. The van der Waals surface area contributed by atoms with Crippen LogP contribution in [0.25, 0.3) is 0 Å². The molecule has 8 heteroatoms. The lowest BCUT2D eigenvalue weighted by Gasteiger charge is -2.46. The molecular weight excluding hydrogens is 572 g/mol. The molecule has 264 valence electrons. The minimum Gasteiger partial charge on any atom is -0.230 e. The van der Waals surface area contributed by atoms with E-state index in [1.165, 1.54) is 0 Å². The zero-order valence-corrected chi connectivity index (χ0v) is 32.3. The largest absolute Gasteiger partial charge is 0.234 e. The summed E-state index contributed by atoms with van der Waals surface area (Å²) in [6, 6.07) is 8.11. The van der Waals surface area contributed by atoms with Crippen LogP contribution >= 0.6 is 0 Å². The van der Waals surface area contributed by atoms with Crippen LogP contribution in [0, 0.1) is 11.3 Å². The molecule has 0 amide bonds. The van der Waals surface area contributed by atoms with Crippen molar-refractivity contribution < 1.29 is 39.1 Å². The minimum absolute atomic E-state index is 0.125. The van der Waals surface area contributed by atoms with E-state index in [-0.39, 0.29) is 27.8 Å². The van der Waals surface area contributed by atoms with Gasteiger partial charge >= 0.3 is 0 Å². The SMILES string of the molecule is CC(C)(C)OOC(C)(C)c1cccc(C(C)(C)OOC(C)(C)C)c1.CC1CC(C)(C)CC(OOC(C)(C)C)(OOC(C)(C)C)C1.